The van der Waals surface area contributed by atoms with Crippen molar-refractivity contribution in [2.24, 2.45) is 11.7 Å². The molecule has 52 heavy (non-hydrogen) atoms. The van der Waals surface area contributed by atoms with Crippen molar-refractivity contribution in [3.8, 4) is 5.75 Å². The molecule has 0 spiro atoms. The summed E-state index contributed by atoms with van der Waals surface area (Å²) < 4.78 is 6.25. The number of carbonyl (C=O) groups is 5. The minimum atomic E-state index is -0.932. The Morgan fingerprint density at radius 2 is 1.54 bits per heavy atom. The van der Waals surface area contributed by atoms with Gasteiger partial charge < -0.3 is 35.8 Å². The van der Waals surface area contributed by atoms with Crippen LogP contribution < -0.4 is 21.1 Å². The molecule has 5 amide bonds. The lowest BCUT2D eigenvalue weighted by atomic mass is 9.90. The Balaban J connectivity index is 1.23. The molecule has 4 aliphatic heterocycles. The van der Waals surface area contributed by atoms with Gasteiger partial charge in [0.05, 0.1) is 11.6 Å². The quantitative estimate of drug-likeness (QED) is 0.373. The van der Waals surface area contributed by atoms with E-state index in [0.29, 0.717) is 70.1 Å². The molecule has 2 aromatic carbocycles. The Hall–Kier alpha value is -4.45. The van der Waals surface area contributed by atoms with E-state index in [1.165, 1.54) is 5.56 Å². The van der Waals surface area contributed by atoms with E-state index in [-0.39, 0.29) is 54.7 Å². The summed E-state index contributed by atoms with van der Waals surface area (Å²) in [6.07, 6.45) is 7.28. The van der Waals surface area contributed by atoms with Gasteiger partial charge in [-0.2, -0.15) is 0 Å². The number of hydrogen-bond donors (Lipinski definition) is 3. The monoisotopic (exact) mass is 714 g/mol. The normalized spacial score (nSPS) is 25.3. The number of ether oxygens (including phenoxy) is 1. The van der Waals surface area contributed by atoms with E-state index < -0.39 is 24.0 Å². The second kappa shape index (κ2) is 17.9. The molecule has 6 rings (SSSR count). The molecule has 280 valence electrons. The number of benzene rings is 2. The molecule has 0 bridgehead atoms. The number of piperidine rings is 1. The predicted octanol–water partition coefficient (Wildman–Crippen LogP) is 3.03. The highest BCUT2D eigenvalue weighted by Crippen LogP contribution is 2.27. The van der Waals surface area contributed by atoms with E-state index in [0.717, 1.165) is 38.5 Å². The second-order valence-electron chi connectivity index (χ2n) is 14.7. The lowest BCUT2D eigenvalue weighted by molar-refractivity contribution is -0.142. The number of likely N-dealkylation sites (tertiary alicyclic amines) is 1. The molecule has 0 aromatic heterocycles. The molecule has 4 aliphatic rings. The SMILES string of the molecule is NCCCC[C@@H]1NC(=O)[C@H]2CCCN2C(=O)CC[C@@H](C(=O)N2CCC(Cc3ccccc3)CC2)NC(=O)c2ccccc2OC[C@H]2CCCN2C1=O. The molecule has 0 unspecified atom stereocenters. The van der Waals surface area contributed by atoms with Crippen LogP contribution >= 0.6 is 0 Å². The molecule has 12 heteroatoms. The molecular weight excluding hydrogens is 660 g/mol. The van der Waals surface area contributed by atoms with E-state index in [4.69, 9.17) is 10.5 Å². The maximum Gasteiger partial charge on any atom is 0.255 e. The first-order valence-electron chi connectivity index (χ1n) is 19.3. The number of para-hydroxylation sites is 1. The lowest BCUT2D eigenvalue weighted by Crippen LogP contribution is -2.55. The molecule has 4 atom stereocenters. The number of unbranched alkanes of at least 4 members (excludes halogenated alkanes) is 1. The maximum absolute atomic E-state index is 14.1. The fourth-order valence-corrected chi connectivity index (χ4v) is 8.25. The summed E-state index contributed by atoms with van der Waals surface area (Å²) in [6, 6.07) is 14.7. The average Bonchev–Trinajstić information content (AvgIpc) is 3.86. The fourth-order valence-electron chi connectivity index (χ4n) is 8.25. The summed E-state index contributed by atoms with van der Waals surface area (Å²) in [5.41, 5.74) is 7.33. The van der Waals surface area contributed by atoms with Gasteiger partial charge in [0, 0.05) is 32.6 Å². The van der Waals surface area contributed by atoms with Crippen LogP contribution in [0.25, 0.3) is 0 Å². The number of hydrogen-bond acceptors (Lipinski definition) is 7. The first kappa shape index (κ1) is 37.3. The molecule has 2 aromatic rings. The Morgan fingerprint density at radius 1 is 0.808 bits per heavy atom. The minimum absolute atomic E-state index is 0.0165. The summed E-state index contributed by atoms with van der Waals surface area (Å²) in [7, 11) is 0. The van der Waals surface area contributed by atoms with E-state index in [2.05, 4.69) is 22.8 Å². The van der Waals surface area contributed by atoms with Crippen molar-refractivity contribution in [2.75, 3.05) is 39.3 Å². The fraction of sp³-hybridized carbons (Fsp3) is 0.575. The smallest absolute Gasteiger partial charge is 0.255 e. The highest BCUT2D eigenvalue weighted by atomic mass is 16.5. The molecule has 12 nitrogen and oxygen atoms in total. The van der Waals surface area contributed by atoms with E-state index >= 15 is 0 Å². The minimum Gasteiger partial charge on any atom is -0.491 e. The molecule has 0 aliphatic carbocycles. The highest BCUT2D eigenvalue weighted by Gasteiger charge is 2.39. The van der Waals surface area contributed by atoms with Crippen molar-refractivity contribution >= 4 is 29.5 Å². The third-order valence-electron chi connectivity index (χ3n) is 11.2. The van der Waals surface area contributed by atoms with Gasteiger partial charge in [-0.25, -0.2) is 0 Å². The van der Waals surface area contributed by atoms with E-state index in [1.54, 1.807) is 34.1 Å². The number of rotatable bonds is 7. The Labute approximate surface area is 306 Å². The van der Waals surface area contributed by atoms with Crippen molar-refractivity contribution in [3.05, 3.63) is 65.7 Å². The number of fused-ring (bicyclic) bond motifs is 3. The van der Waals surface area contributed by atoms with Gasteiger partial charge in [-0.1, -0.05) is 42.5 Å². The number of nitrogens with two attached hydrogens (primary N) is 1. The molecular formula is C40H54N6O6. The van der Waals surface area contributed by atoms with Crippen LogP contribution in [0.4, 0.5) is 0 Å². The lowest BCUT2D eigenvalue weighted by Gasteiger charge is -2.35. The van der Waals surface area contributed by atoms with Gasteiger partial charge in [0.1, 0.15) is 30.5 Å². The Morgan fingerprint density at radius 3 is 2.33 bits per heavy atom. The van der Waals surface area contributed by atoms with Gasteiger partial charge in [0.2, 0.25) is 23.6 Å². The van der Waals surface area contributed by atoms with Crippen LogP contribution in [0.15, 0.2) is 54.6 Å². The molecule has 3 saturated heterocycles. The zero-order valence-corrected chi connectivity index (χ0v) is 30.2. The largest absolute Gasteiger partial charge is 0.491 e. The van der Waals surface area contributed by atoms with Crippen LogP contribution in [0.3, 0.4) is 0 Å². The van der Waals surface area contributed by atoms with Gasteiger partial charge in [0.25, 0.3) is 5.91 Å². The molecule has 4 N–H and O–H groups in total. The van der Waals surface area contributed by atoms with Gasteiger partial charge in [-0.3, -0.25) is 24.0 Å². The summed E-state index contributed by atoms with van der Waals surface area (Å²) in [5, 5.41) is 5.99. The van der Waals surface area contributed by atoms with Gasteiger partial charge in [-0.05, 0) is 101 Å². The van der Waals surface area contributed by atoms with Crippen LogP contribution in [0.2, 0.25) is 0 Å². The van der Waals surface area contributed by atoms with Gasteiger partial charge in [0.15, 0.2) is 0 Å². The van der Waals surface area contributed by atoms with Crippen molar-refractivity contribution in [3.63, 3.8) is 0 Å². The van der Waals surface area contributed by atoms with Gasteiger partial charge >= 0.3 is 0 Å². The molecule has 3 fully saturated rings. The third kappa shape index (κ3) is 9.12. The first-order valence-corrected chi connectivity index (χ1v) is 19.3. The second-order valence-corrected chi connectivity index (χ2v) is 14.7. The summed E-state index contributed by atoms with van der Waals surface area (Å²) in [4.78, 5) is 74.8. The van der Waals surface area contributed by atoms with Crippen LogP contribution in [0, 0.1) is 5.92 Å². The summed E-state index contributed by atoms with van der Waals surface area (Å²) in [5.74, 6) is -0.592. The standard InChI is InChI=1S/C40H54N6O6/c41-21-7-6-14-32-40(51)45-22-8-12-30(45)27-52-35-16-5-4-13-31(35)37(48)42-33(17-18-36(47)46-23-9-15-34(46)38(49)43-32)39(50)44-24-19-29(20-25-44)26-28-10-2-1-3-11-28/h1-5,10-11,13,16,29-30,32-34H,6-9,12,14-15,17-27,41H2,(H,42,48)(H,43,49)/t30-,32+,33+,34-/m1/s1. The topological polar surface area (TPSA) is 154 Å². The average molecular weight is 715 g/mol. The van der Waals surface area contributed by atoms with Crippen molar-refractivity contribution in [2.45, 2.75) is 101 Å². The highest BCUT2D eigenvalue weighted by molar-refractivity contribution is 6.00. The molecule has 0 saturated carbocycles. The van der Waals surface area contributed by atoms with Crippen LogP contribution in [0.1, 0.15) is 86.6 Å². The molecule has 0 radical (unpaired) electrons. The molecule has 4 heterocycles. The van der Waals surface area contributed by atoms with Gasteiger partial charge in [-0.15, -0.1) is 0 Å². The van der Waals surface area contributed by atoms with Crippen LogP contribution in [-0.4, -0.2) is 108 Å². The van der Waals surface area contributed by atoms with Crippen LogP contribution in [0.5, 0.6) is 5.75 Å². The summed E-state index contributed by atoms with van der Waals surface area (Å²) >= 11 is 0. The number of carbonyl (C=O) groups excluding carboxylic acids is 5. The van der Waals surface area contributed by atoms with Crippen molar-refractivity contribution < 1.29 is 28.7 Å². The van der Waals surface area contributed by atoms with Crippen molar-refractivity contribution in [1.29, 1.82) is 0 Å². The first-order chi connectivity index (χ1) is 25.3. The maximum atomic E-state index is 14.1. The Kier molecular flexibility index (Phi) is 12.8. The van der Waals surface area contributed by atoms with Crippen molar-refractivity contribution in [1.82, 2.24) is 25.3 Å². The third-order valence-corrected chi connectivity index (χ3v) is 11.2. The zero-order valence-electron chi connectivity index (χ0n) is 30.2. The van der Waals surface area contributed by atoms with E-state index in [1.807, 2.05) is 23.1 Å². The summed E-state index contributed by atoms with van der Waals surface area (Å²) in [6.45, 7) is 2.79. The Bertz CT molecular complexity index is 1560. The zero-order chi connectivity index (χ0) is 36.5. The van der Waals surface area contributed by atoms with Crippen LogP contribution in [-0.2, 0) is 25.6 Å². The predicted molar refractivity (Wildman–Crippen MR) is 196 cm³/mol. The number of nitrogens with one attached hydrogen (secondary N) is 2. The van der Waals surface area contributed by atoms with E-state index in [9.17, 15) is 24.0 Å². The number of amides is 5. The number of nitrogens with zero attached hydrogens (tertiary/aromatic N) is 3.